The van der Waals surface area contributed by atoms with Crippen LogP contribution < -0.4 is 5.56 Å². The molecule has 4 aromatic rings. The number of benzene rings is 1. The fourth-order valence-corrected chi connectivity index (χ4v) is 3.76. The highest BCUT2D eigenvalue weighted by molar-refractivity contribution is 6.04. The van der Waals surface area contributed by atoms with Crippen molar-refractivity contribution in [3.8, 4) is 0 Å². The van der Waals surface area contributed by atoms with Gasteiger partial charge in [0, 0.05) is 26.3 Å². The predicted octanol–water partition coefficient (Wildman–Crippen LogP) is 3.61. The number of hydrogen-bond acceptors (Lipinski definition) is 5. The topological polar surface area (TPSA) is 74.8 Å². The van der Waals surface area contributed by atoms with Crippen molar-refractivity contribution in [2.45, 2.75) is 46.2 Å². The number of rotatable bonds is 6. The fraction of sp³-hybridized carbons (Fsp3) is 0.429. The van der Waals surface area contributed by atoms with Crippen LogP contribution in [0.1, 0.15) is 38.6 Å². The van der Waals surface area contributed by atoms with E-state index >= 15 is 0 Å². The molecule has 3 heterocycles. The molecular formula is C21H25N5O2. The number of ether oxygens (including phenoxy) is 1. The van der Waals surface area contributed by atoms with Gasteiger partial charge in [-0.1, -0.05) is 19.1 Å². The maximum absolute atomic E-state index is 13.5. The third-order valence-corrected chi connectivity index (χ3v) is 5.33. The van der Waals surface area contributed by atoms with Crippen molar-refractivity contribution < 1.29 is 4.74 Å². The van der Waals surface area contributed by atoms with E-state index in [1.165, 1.54) is 0 Å². The molecule has 0 fully saturated rings. The average molecular weight is 379 g/mol. The molecule has 146 valence electrons. The first-order valence-electron chi connectivity index (χ1n) is 9.73. The van der Waals surface area contributed by atoms with Gasteiger partial charge in [0.05, 0.1) is 11.0 Å². The highest BCUT2D eigenvalue weighted by Crippen LogP contribution is 2.26. The van der Waals surface area contributed by atoms with Crippen LogP contribution in [0.25, 0.3) is 33.2 Å². The number of aryl methyl sites for hydroxylation is 2. The summed E-state index contributed by atoms with van der Waals surface area (Å²) in [5.41, 5.74) is 3.53. The minimum Gasteiger partial charge on any atom is -0.385 e. The molecule has 1 aromatic carbocycles. The van der Waals surface area contributed by atoms with Crippen LogP contribution in [-0.4, -0.2) is 37.8 Å². The summed E-state index contributed by atoms with van der Waals surface area (Å²) in [6.45, 7) is 7.30. The number of aromatic nitrogens is 5. The molecule has 0 aliphatic carbocycles. The molecule has 0 aliphatic rings. The minimum atomic E-state index is -0.0445. The molecule has 0 aliphatic heterocycles. The van der Waals surface area contributed by atoms with Crippen molar-refractivity contribution in [2.24, 2.45) is 0 Å². The van der Waals surface area contributed by atoms with Gasteiger partial charge in [0.2, 0.25) is 0 Å². The number of para-hydroxylation sites is 2. The van der Waals surface area contributed by atoms with Crippen LogP contribution in [0.4, 0.5) is 0 Å². The van der Waals surface area contributed by atoms with E-state index in [0.29, 0.717) is 41.2 Å². The van der Waals surface area contributed by atoms with Crippen LogP contribution in [0.3, 0.4) is 0 Å². The van der Waals surface area contributed by atoms with Crippen LogP contribution in [0.2, 0.25) is 0 Å². The zero-order valence-corrected chi connectivity index (χ0v) is 16.8. The number of methoxy groups -OCH3 is 1. The molecular weight excluding hydrogens is 354 g/mol. The zero-order valence-electron chi connectivity index (χ0n) is 16.8. The van der Waals surface area contributed by atoms with Gasteiger partial charge < -0.3 is 9.30 Å². The second kappa shape index (κ2) is 7.31. The Hall–Kier alpha value is -2.80. The Bertz CT molecular complexity index is 1220. The lowest BCUT2D eigenvalue weighted by atomic mass is 10.2. The molecule has 1 atom stereocenters. The average Bonchev–Trinajstić information content (AvgIpc) is 2.99. The van der Waals surface area contributed by atoms with Crippen LogP contribution in [0.5, 0.6) is 0 Å². The first kappa shape index (κ1) is 18.6. The van der Waals surface area contributed by atoms with Gasteiger partial charge in [-0.05, 0) is 38.8 Å². The Kier molecular flexibility index (Phi) is 4.85. The highest BCUT2D eigenvalue weighted by atomic mass is 16.5. The smallest absolute Gasteiger partial charge is 0.265 e. The molecule has 0 radical (unpaired) electrons. The molecule has 0 unspecified atom stereocenters. The summed E-state index contributed by atoms with van der Waals surface area (Å²) >= 11 is 0. The van der Waals surface area contributed by atoms with Gasteiger partial charge in [0.15, 0.2) is 11.3 Å². The molecule has 7 nitrogen and oxygen atoms in total. The van der Waals surface area contributed by atoms with Crippen LogP contribution in [0.15, 0.2) is 29.1 Å². The molecule has 0 saturated heterocycles. The molecule has 0 bridgehead atoms. The van der Waals surface area contributed by atoms with Crippen molar-refractivity contribution in [1.29, 1.82) is 0 Å². The Morgan fingerprint density at radius 1 is 1.11 bits per heavy atom. The van der Waals surface area contributed by atoms with Gasteiger partial charge in [-0.15, -0.1) is 0 Å². The highest BCUT2D eigenvalue weighted by Gasteiger charge is 2.22. The van der Waals surface area contributed by atoms with E-state index in [1.807, 2.05) is 42.7 Å². The van der Waals surface area contributed by atoms with Gasteiger partial charge in [0.25, 0.3) is 5.56 Å². The molecule has 0 N–H and O–H groups in total. The third kappa shape index (κ3) is 2.86. The second-order valence-electron chi connectivity index (χ2n) is 7.17. The molecule has 0 amide bonds. The van der Waals surface area contributed by atoms with Crippen molar-refractivity contribution >= 4 is 33.2 Å². The largest absolute Gasteiger partial charge is 0.385 e. The predicted molar refractivity (Wildman–Crippen MR) is 111 cm³/mol. The van der Waals surface area contributed by atoms with E-state index in [1.54, 1.807) is 11.7 Å². The maximum Gasteiger partial charge on any atom is 0.265 e. The molecule has 0 saturated carbocycles. The first-order valence-corrected chi connectivity index (χ1v) is 9.73. The van der Waals surface area contributed by atoms with Crippen molar-refractivity contribution in [1.82, 2.24) is 24.1 Å². The molecule has 28 heavy (non-hydrogen) atoms. The second-order valence-corrected chi connectivity index (χ2v) is 7.17. The van der Waals surface area contributed by atoms with E-state index in [0.717, 1.165) is 23.9 Å². The Balaban J connectivity index is 2.11. The van der Waals surface area contributed by atoms with Gasteiger partial charge in [0.1, 0.15) is 16.7 Å². The quantitative estimate of drug-likeness (QED) is 0.479. The maximum atomic E-state index is 13.5. The number of hydrogen-bond donors (Lipinski definition) is 0. The van der Waals surface area contributed by atoms with Crippen LogP contribution in [-0.2, 0) is 11.3 Å². The van der Waals surface area contributed by atoms with Gasteiger partial charge in [-0.2, -0.15) is 0 Å². The summed E-state index contributed by atoms with van der Waals surface area (Å²) in [6.07, 6.45) is 1.66. The standard InChI is InChI=1S/C21H25N5O2/c1-5-13(2)26-14(3)22-19-17(21(26)27)18-20(25(19)11-8-12-28-4)24-16-10-7-6-9-15(16)23-18/h6-7,9-10,13H,5,8,11-12H2,1-4H3/t13-/m1/s1. The van der Waals surface area contributed by atoms with Crippen molar-refractivity contribution in [2.75, 3.05) is 13.7 Å². The summed E-state index contributed by atoms with van der Waals surface area (Å²) < 4.78 is 9.00. The summed E-state index contributed by atoms with van der Waals surface area (Å²) in [7, 11) is 1.69. The SMILES string of the molecule is CC[C@@H](C)n1c(C)nc2c(c1=O)c1nc3ccccc3nc1n2CCCOC. The minimum absolute atomic E-state index is 0.0445. The third-order valence-electron chi connectivity index (χ3n) is 5.33. The van der Waals surface area contributed by atoms with Gasteiger partial charge >= 0.3 is 0 Å². The Morgan fingerprint density at radius 3 is 2.50 bits per heavy atom. The Morgan fingerprint density at radius 2 is 1.82 bits per heavy atom. The van der Waals surface area contributed by atoms with Crippen LogP contribution in [0, 0.1) is 6.92 Å². The lowest BCUT2D eigenvalue weighted by Crippen LogP contribution is -2.26. The van der Waals surface area contributed by atoms with E-state index < -0.39 is 0 Å². The summed E-state index contributed by atoms with van der Waals surface area (Å²) in [5.74, 6) is 0.715. The molecule has 3 aromatic heterocycles. The molecule has 0 spiro atoms. The van der Waals surface area contributed by atoms with Gasteiger partial charge in [-0.25, -0.2) is 15.0 Å². The van der Waals surface area contributed by atoms with Crippen LogP contribution >= 0.6 is 0 Å². The molecule has 7 heteroatoms. The van der Waals surface area contributed by atoms with Gasteiger partial charge in [-0.3, -0.25) is 9.36 Å². The number of fused-ring (bicyclic) bond motifs is 4. The monoisotopic (exact) mass is 379 g/mol. The Labute approximate surface area is 163 Å². The summed E-state index contributed by atoms with van der Waals surface area (Å²) in [5, 5.41) is 0.552. The summed E-state index contributed by atoms with van der Waals surface area (Å²) in [6, 6.07) is 7.81. The lowest BCUT2D eigenvalue weighted by Gasteiger charge is -2.16. The van der Waals surface area contributed by atoms with E-state index in [4.69, 9.17) is 19.7 Å². The fourth-order valence-electron chi connectivity index (χ4n) is 3.76. The van der Waals surface area contributed by atoms with E-state index in [2.05, 4.69) is 6.92 Å². The van der Waals surface area contributed by atoms with Crippen molar-refractivity contribution in [3.05, 3.63) is 40.4 Å². The lowest BCUT2D eigenvalue weighted by molar-refractivity contribution is 0.191. The summed E-state index contributed by atoms with van der Waals surface area (Å²) in [4.78, 5) is 27.9. The van der Waals surface area contributed by atoms with E-state index in [-0.39, 0.29) is 11.6 Å². The normalized spacial score (nSPS) is 13.0. The molecule has 4 rings (SSSR count). The zero-order chi connectivity index (χ0) is 19.8. The number of nitrogens with zero attached hydrogens (tertiary/aromatic N) is 5. The van der Waals surface area contributed by atoms with Crippen molar-refractivity contribution in [3.63, 3.8) is 0 Å². The van der Waals surface area contributed by atoms with E-state index in [9.17, 15) is 4.79 Å². The first-order chi connectivity index (χ1) is 13.6.